The lowest BCUT2D eigenvalue weighted by atomic mass is 10.2. The first-order valence-electron chi connectivity index (χ1n) is 5.28. The van der Waals surface area contributed by atoms with Gasteiger partial charge in [-0.1, -0.05) is 0 Å². The van der Waals surface area contributed by atoms with Gasteiger partial charge in [0.1, 0.15) is 5.56 Å². The zero-order chi connectivity index (χ0) is 13.3. The maximum absolute atomic E-state index is 11.6. The SMILES string of the molecule is Cc1ccc(=O)n(Cc2c(C(=O)O)cnn2C)n1. The monoisotopic (exact) mass is 248 g/mol. The summed E-state index contributed by atoms with van der Waals surface area (Å²) in [6, 6.07) is 3.01. The molecule has 0 aliphatic rings. The third-order valence-corrected chi connectivity index (χ3v) is 2.59. The molecule has 2 aromatic rings. The first kappa shape index (κ1) is 12.0. The van der Waals surface area contributed by atoms with Crippen molar-refractivity contribution >= 4 is 5.97 Å². The molecule has 0 spiro atoms. The van der Waals surface area contributed by atoms with Gasteiger partial charge in [0.2, 0.25) is 0 Å². The van der Waals surface area contributed by atoms with Gasteiger partial charge in [-0.05, 0) is 13.0 Å². The van der Waals surface area contributed by atoms with Gasteiger partial charge in [0.05, 0.1) is 24.1 Å². The number of rotatable bonds is 3. The Hall–Kier alpha value is -2.44. The zero-order valence-electron chi connectivity index (χ0n) is 9.99. The van der Waals surface area contributed by atoms with Crippen LogP contribution in [0.1, 0.15) is 21.7 Å². The number of aromatic carboxylic acids is 1. The van der Waals surface area contributed by atoms with E-state index < -0.39 is 5.97 Å². The Morgan fingerprint density at radius 2 is 2.17 bits per heavy atom. The third-order valence-electron chi connectivity index (χ3n) is 2.59. The van der Waals surface area contributed by atoms with Gasteiger partial charge >= 0.3 is 5.97 Å². The van der Waals surface area contributed by atoms with Gasteiger partial charge in [0.15, 0.2) is 0 Å². The minimum atomic E-state index is -1.07. The van der Waals surface area contributed by atoms with Crippen LogP contribution in [0.15, 0.2) is 23.1 Å². The highest BCUT2D eigenvalue weighted by Gasteiger charge is 2.16. The summed E-state index contributed by atoms with van der Waals surface area (Å²) in [7, 11) is 1.63. The van der Waals surface area contributed by atoms with Crippen LogP contribution in [0.5, 0.6) is 0 Å². The number of carbonyl (C=O) groups is 1. The summed E-state index contributed by atoms with van der Waals surface area (Å²) in [6.45, 7) is 1.84. The topological polar surface area (TPSA) is 90.0 Å². The first-order valence-corrected chi connectivity index (χ1v) is 5.28. The van der Waals surface area contributed by atoms with E-state index in [9.17, 15) is 9.59 Å². The summed E-state index contributed by atoms with van der Waals surface area (Å²) in [6.07, 6.45) is 1.26. The molecular weight excluding hydrogens is 236 g/mol. The Balaban J connectivity index is 2.46. The first-order chi connectivity index (χ1) is 8.49. The number of hydrogen-bond acceptors (Lipinski definition) is 4. The summed E-state index contributed by atoms with van der Waals surface area (Å²) in [5.41, 5.74) is 0.919. The Morgan fingerprint density at radius 3 is 2.83 bits per heavy atom. The van der Waals surface area contributed by atoms with Gasteiger partial charge in [-0.3, -0.25) is 9.48 Å². The van der Waals surface area contributed by atoms with E-state index in [-0.39, 0.29) is 17.7 Å². The molecular formula is C11H12N4O3. The number of carboxylic acids is 1. The number of hydrogen-bond donors (Lipinski definition) is 1. The summed E-state index contributed by atoms with van der Waals surface area (Å²) < 4.78 is 2.65. The smallest absolute Gasteiger partial charge is 0.339 e. The van der Waals surface area contributed by atoms with Crippen molar-refractivity contribution in [2.45, 2.75) is 13.5 Å². The van der Waals surface area contributed by atoms with Gasteiger partial charge in [0.25, 0.3) is 5.56 Å². The van der Waals surface area contributed by atoms with Crippen LogP contribution in [0.25, 0.3) is 0 Å². The fourth-order valence-electron chi connectivity index (χ4n) is 1.64. The lowest BCUT2D eigenvalue weighted by molar-refractivity contribution is 0.0695. The van der Waals surface area contributed by atoms with Crippen LogP contribution in [0.4, 0.5) is 0 Å². The second-order valence-corrected chi connectivity index (χ2v) is 3.90. The molecule has 18 heavy (non-hydrogen) atoms. The second kappa shape index (κ2) is 4.44. The van der Waals surface area contributed by atoms with E-state index in [1.54, 1.807) is 20.0 Å². The van der Waals surface area contributed by atoms with E-state index in [4.69, 9.17) is 5.11 Å². The number of carboxylic acid groups (broad SMARTS) is 1. The summed E-state index contributed by atoms with van der Waals surface area (Å²) >= 11 is 0. The molecule has 2 rings (SSSR count). The molecule has 2 heterocycles. The Morgan fingerprint density at radius 1 is 1.44 bits per heavy atom. The van der Waals surface area contributed by atoms with Crippen LogP contribution >= 0.6 is 0 Å². The molecule has 2 aromatic heterocycles. The van der Waals surface area contributed by atoms with E-state index in [0.29, 0.717) is 11.4 Å². The molecule has 0 atom stereocenters. The molecule has 0 fully saturated rings. The molecule has 7 heteroatoms. The highest BCUT2D eigenvalue weighted by atomic mass is 16.4. The van der Waals surface area contributed by atoms with Crippen molar-refractivity contribution in [2.75, 3.05) is 0 Å². The summed E-state index contributed by atoms with van der Waals surface area (Å²) in [5.74, 6) is -1.07. The standard InChI is InChI=1S/C11H12N4O3/c1-7-3-4-10(16)15(13-7)6-9-8(11(17)18)5-12-14(9)2/h3-5H,6H2,1-2H3,(H,17,18). The van der Waals surface area contributed by atoms with E-state index in [0.717, 1.165) is 0 Å². The molecule has 0 saturated heterocycles. The molecule has 0 aromatic carbocycles. The maximum atomic E-state index is 11.6. The molecule has 0 radical (unpaired) electrons. The van der Waals surface area contributed by atoms with Crippen molar-refractivity contribution in [3.05, 3.63) is 45.6 Å². The van der Waals surface area contributed by atoms with Crippen molar-refractivity contribution in [2.24, 2.45) is 7.05 Å². The van der Waals surface area contributed by atoms with Crippen LogP contribution in [0.2, 0.25) is 0 Å². The summed E-state index contributed by atoms with van der Waals surface area (Å²) in [4.78, 5) is 22.6. The number of aromatic nitrogens is 4. The highest BCUT2D eigenvalue weighted by Crippen LogP contribution is 2.08. The van der Waals surface area contributed by atoms with Crippen LogP contribution < -0.4 is 5.56 Å². The normalized spacial score (nSPS) is 10.6. The fourth-order valence-corrected chi connectivity index (χ4v) is 1.64. The van der Waals surface area contributed by atoms with Gasteiger partial charge in [-0.15, -0.1) is 0 Å². The molecule has 0 amide bonds. The zero-order valence-corrected chi connectivity index (χ0v) is 9.99. The van der Waals surface area contributed by atoms with Crippen LogP contribution in [0.3, 0.4) is 0 Å². The second-order valence-electron chi connectivity index (χ2n) is 3.90. The molecule has 1 N–H and O–H groups in total. The van der Waals surface area contributed by atoms with Gasteiger partial charge in [-0.2, -0.15) is 10.2 Å². The van der Waals surface area contributed by atoms with Crippen molar-refractivity contribution in [1.82, 2.24) is 19.6 Å². The Kier molecular flexibility index (Phi) is 2.97. The largest absolute Gasteiger partial charge is 0.478 e. The molecule has 7 nitrogen and oxygen atoms in total. The van der Waals surface area contributed by atoms with Gasteiger partial charge < -0.3 is 5.11 Å². The quantitative estimate of drug-likeness (QED) is 0.827. The predicted octanol–water partition coefficient (Wildman–Crippen LogP) is 0.0317. The number of aryl methyl sites for hydroxylation is 2. The Bertz CT molecular complexity index is 657. The Labute approximate surface area is 102 Å². The average molecular weight is 248 g/mol. The van der Waals surface area contributed by atoms with Crippen molar-refractivity contribution in [3.63, 3.8) is 0 Å². The molecule has 0 aliphatic heterocycles. The molecule has 0 saturated carbocycles. The lowest BCUT2D eigenvalue weighted by Gasteiger charge is -2.06. The minimum Gasteiger partial charge on any atom is -0.478 e. The van der Waals surface area contributed by atoms with Crippen molar-refractivity contribution in [1.29, 1.82) is 0 Å². The average Bonchev–Trinajstić information content (AvgIpc) is 2.66. The third kappa shape index (κ3) is 2.15. The maximum Gasteiger partial charge on any atom is 0.339 e. The van der Waals surface area contributed by atoms with Crippen molar-refractivity contribution < 1.29 is 9.90 Å². The van der Waals surface area contributed by atoms with Crippen LogP contribution in [0, 0.1) is 6.92 Å². The minimum absolute atomic E-state index is 0.0766. The van der Waals surface area contributed by atoms with Crippen LogP contribution in [-0.4, -0.2) is 30.6 Å². The molecule has 0 aliphatic carbocycles. The van der Waals surface area contributed by atoms with Gasteiger partial charge in [-0.25, -0.2) is 9.48 Å². The van der Waals surface area contributed by atoms with Crippen LogP contribution in [-0.2, 0) is 13.6 Å². The molecule has 94 valence electrons. The van der Waals surface area contributed by atoms with E-state index >= 15 is 0 Å². The van der Waals surface area contributed by atoms with E-state index in [2.05, 4.69) is 10.2 Å². The van der Waals surface area contributed by atoms with Crippen molar-refractivity contribution in [3.8, 4) is 0 Å². The fraction of sp³-hybridized carbons (Fsp3) is 0.273. The summed E-state index contributed by atoms with van der Waals surface area (Å²) in [5, 5.41) is 17.0. The molecule has 0 bridgehead atoms. The highest BCUT2D eigenvalue weighted by molar-refractivity contribution is 5.88. The van der Waals surface area contributed by atoms with E-state index in [1.165, 1.54) is 21.6 Å². The predicted molar refractivity (Wildman–Crippen MR) is 62.5 cm³/mol. The lowest BCUT2D eigenvalue weighted by Crippen LogP contribution is -2.25. The van der Waals surface area contributed by atoms with Gasteiger partial charge in [0, 0.05) is 13.1 Å². The molecule has 0 unspecified atom stereocenters. The van der Waals surface area contributed by atoms with E-state index in [1.807, 2.05) is 0 Å². The number of nitrogens with zero attached hydrogens (tertiary/aromatic N) is 4.